The standard InChI is InChI=1S/C21H20N4O2/c1-25-13-15(16-9-5-6-10-18(16)25)11-23-24-21(27)19-17(12-22-20(19)26)14-7-3-2-4-8-14/h2-11,13,17,19H,12H2,1H3,(H,22,26)(H,24,27)/b23-11+/t17-,19+/m1/s1. The van der Waals surface area contributed by atoms with E-state index < -0.39 is 11.8 Å². The molecule has 0 saturated carbocycles. The highest BCUT2D eigenvalue weighted by Gasteiger charge is 2.40. The van der Waals surface area contributed by atoms with Gasteiger partial charge in [0.25, 0.3) is 5.91 Å². The molecule has 4 rings (SSSR count). The van der Waals surface area contributed by atoms with Crippen LogP contribution in [-0.4, -0.2) is 29.1 Å². The average Bonchev–Trinajstić information content (AvgIpc) is 3.23. The van der Waals surface area contributed by atoms with E-state index in [0.717, 1.165) is 22.0 Å². The number of amides is 2. The van der Waals surface area contributed by atoms with Gasteiger partial charge in [0, 0.05) is 42.2 Å². The van der Waals surface area contributed by atoms with Crippen LogP contribution in [0.1, 0.15) is 17.0 Å². The molecule has 2 aromatic carbocycles. The van der Waals surface area contributed by atoms with Gasteiger partial charge in [0.05, 0.1) is 6.21 Å². The van der Waals surface area contributed by atoms with Gasteiger partial charge in [-0.3, -0.25) is 9.59 Å². The van der Waals surface area contributed by atoms with Crippen molar-refractivity contribution in [3.63, 3.8) is 0 Å². The summed E-state index contributed by atoms with van der Waals surface area (Å²) in [6.45, 7) is 0.452. The molecule has 2 atom stereocenters. The lowest BCUT2D eigenvalue weighted by Crippen LogP contribution is -2.34. The third-order valence-electron chi connectivity index (χ3n) is 5.00. The number of aryl methyl sites for hydroxylation is 1. The van der Waals surface area contributed by atoms with Crippen LogP contribution in [0.5, 0.6) is 0 Å². The molecule has 2 N–H and O–H groups in total. The maximum Gasteiger partial charge on any atom is 0.253 e. The van der Waals surface area contributed by atoms with Crippen molar-refractivity contribution >= 4 is 28.9 Å². The molecule has 136 valence electrons. The molecule has 1 aromatic heterocycles. The Morgan fingerprint density at radius 3 is 2.74 bits per heavy atom. The van der Waals surface area contributed by atoms with Gasteiger partial charge >= 0.3 is 0 Å². The first kappa shape index (κ1) is 17.0. The third kappa shape index (κ3) is 3.21. The van der Waals surface area contributed by atoms with E-state index in [4.69, 9.17) is 0 Å². The average molecular weight is 360 g/mol. The van der Waals surface area contributed by atoms with Crippen LogP contribution in [0.15, 0.2) is 65.9 Å². The SMILES string of the molecule is Cn1cc(/C=N/NC(=O)[C@@H]2C(=O)NC[C@@H]2c2ccccc2)c2ccccc21. The van der Waals surface area contributed by atoms with Crippen molar-refractivity contribution < 1.29 is 9.59 Å². The van der Waals surface area contributed by atoms with E-state index in [2.05, 4.69) is 15.8 Å². The Labute approximate surface area is 156 Å². The van der Waals surface area contributed by atoms with Crippen LogP contribution in [0, 0.1) is 5.92 Å². The van der Waals surface area contributed by atoms with Crippen LogP contribution in [0.3, 0.4) is 0 Å². The number of benzene rings is 2. The highest BCUT2D eigenvalue weighted by Crippen LogP contribution is 2.29. The third-order valence-corrected chi connectivity index (χ3v) is 5.00. The molecule has 2 amide bonds. The zero-order chi connectivity index (χ0) is 18.8. The van der Waals surface area contributed by atoms with E-state index in [0.29, 0.717) is 6.54 Å². The minimum Gasteiger partial charge on any atom is -0.355 e. The van der Waals surface area contributed by atoms with E-state index >= 15 is 0 Å². The molecule has 3 aromatic rings. The quantitative estimate of drug-likeness (QED) is 0.425. The fourth-order valence-electron chi connectivity index (χ4n) is 3.64. The highest BCUT2D eigenvalue weighted by atomic mass is 16.2. The molecule has 0 unspecified atom stereocenters. The summed E-state index contributed by atoms with van der Waals surface area (Å²) >= 11 is 0. The van der Waals surface area contributed by atoms with Crippen LogP contribution >= 0.6 is 0 Å². The van der Waals surface area contributed by atoms with Gasteiger partial charge in [0.1, 0.15) is 5.92 Å². The second-order valence-electron chi connectivity index (χ2n) is 6.69. The van der Waals surface area contributed by atoms with Gasteiger partial charge in [-0.1, -0.05) is 48.5 Å². The lowest BCUT2D eigenvalue weighted by molar-refractivity contribution is -0.133. The molecule has 0 spiro atoms. The zero-order valence-electron chi connectivity index (χ0n) is 14.9. The van der Waals surface area contributed by atoms with Crippen LogP contribution in [0.4, 0.5) is 0 Å². The van der Waals surface area contributed by atoms with Gasteiger partial charge in [-0.15, -0.1) is 0 Å². The largest absolute Gasteiger partial charge is 0.355 e. The Bertz CT molecular complexity index is 1020. The summed E-state index contributed by atoms with van der Waals surface area (Å²) in [4.78, 5) is 24.8. The van der Waals surface area contributed by atoms with Crippen LogP contribution in [-0.2, 0) is 16.6 Å². The van der Waals surface area contributed by atoms with Crippen molar-refractivity contribution in [2.75, 3.05) is 6.54 Å². The molecule has 1 aliphatic rings. The van der Waals surface area contributed by atoms with Gasteiger partial charge in [-0.2, -0.15) is 5.10 Å². The maximum absolute atomic E-state index is 12.6. The number of hydrazone groups is 1. The number of rotatable bonds is 4. The summed E-state index contributed by atoms with van der Waals surface area (Å²) in [5.74, 6) is -1.62. The summed E-state index contributed by atoms with van der Waals surface area (Å²) < 4.78 is 2.01. The van der Waals surface area contributed by atoms with E-state index in [9.17, 15) is 9.59 Å². The lowest BCUT2D eigenvalue weighted by atomic mass is 9.88. The Hall–Kier alpha value is -3.41. The summed E-state index contributed by atoms with van der Waals surface area (Å²) in [7, 11) is 1.96. The summed E-state index contributed by atoms with van der Waals surface area (Å²) in [6.07, 6.45) is 3.57. The topological polar surface area (TPSA) is 75.5 Å². The van der Waals surface area contributed by atoms with Gasteiger partial charge < -0.3 is 9.88 Å². The number of hydrogen-bond donors (Lipinski definition) is 2. The van der Waals surface area contributed by atoms with E-state index in [1.165, 1.54) is 0 Å². The monoisotopic (exact) mass is 360 g/mol. The minimum absolute atomic E-state index is 0.188. The first-order valence-electron chi connectivity index (χ1n) is 8.85. The number of hydrogen-bond acceptors (Lipinski definition) is 3. The van der Waals surface area contributed by atoms with Gasteiger partial charge in [-0.25, -0.2) is 5.43 Å². The first-order chi connectivity index (χ1) is 13.1. The second kappa shape index (κ2) is 7.07. The minimum atomic E-state index is -0.780. The maximum atomic E-state index is 12.6. The molecule has 0 radical (unpaired) electrons. The molecule has 27 heavy (non-hydrogen) atoms. The fraction of sp³-hybridized carbons (Fsp3) is 0.190. The summed E-state index contributed by atoms with van der Waals surface area (Å²) in [6, 6.07) is 17.6. The number of fused-ring (bicyclic) bond motifs is 1. The number of nitrogens with one attached hydrogen (secondary N) is 2. The smallest absolute Gasteiger partial charge is 0.253 e. The molecule has 2 heterocycles. The van der Waals surface area contributed by atoms with Gasteiger partial charge in [0.15, 0.2) is 0 Å². The van der Waals surface area contributed by atoms with Crippen molar-refractivity contribution in [1.82, 2.24) is 15.3 Å². The number of carbonyl (C=O) groups excluding carboxylic acids is 2. The van der Waals surface area contributed by atoms with Crippen molar-refractivity contribution in [2.45, 2.75) is 5.92 Å². The van der Waals surface area contributed by atoms with Gasteiger partial charge in [0.2, 0.25) is 5.91 Å². The van der Waals surface area contributed by atoms with Crippen LogP contribution in [0.25, 0.3) is 10.9 Å². The van der Waals surface area contributed by atoms with Crippen molar-refractivity contribution in [2.24, 2.45) is 18.1 Å². The Kier molecular flexibility index (Phi) is 4.46. The summed E-state index contributed by atoms with van der Waals surface area (Å²) in [5.41, 5.74) is 5.50. The number of para-hydroxylation sites is 1. The molecule has 1 aliphatic heterocycles. The molecule has 1 fully saturated rings. The van der Waals surface area contributed by atoms with Crippen LogP contribution < -0.4 is 10.7 Å². The van der Waals surface area contributed by atoms with Crippen molar-refractivity contribution in [1.29, 1.82) is 0 Å². The van der Waals surface area contributed by atoms with Crippen molar-refractivity contribution in [3.8, 4) is 0 Å². The molecular formula is C21H20N4O2. The Morgan fingerprint density at radius 2 is 1.93 bits per heavy atom. The Balaban J connectivity index is 1.51. The predicted octanol–water partition coefficient (Wildman–Crippen LogP) is 2.16. The van der Waals surface area contributed by atoms with E-state index in [1.807, 2.05) is 72.4 Å². The molecule has 6 heteroatoms. The fourth-order valence-corrected chi connectivity index (χ4v) is 3.64. The zero-order valence-corrected chi connectivity index (χ0v) is 14.9. The molecule has 1 saturated heterocycles. The highest BCUT2D eigenvalue weighted by molar-refractivity contribution is 6.04. The molecule has 6 nitrogen and oxygen atoms in total. The number of aromatic nitrogens is 1. The molecule has 0 aliphatic carbocycles. The lowest BCUT2D eigenvalue weighted by Gasteiger charge is -2.15. The first-order valence-corrected chi connectivity index (χ1v) is 8.85. The Morgan fingerprint density at radius 1 is 1.19 bits per heavy atom. The van der Waals surface area contributed by atoms with E-state index in [-0.39, 0.29) is 11.8 Å². The van der Waals surface area contributed by atoms with Crippen molar-refractivity contribution in [3.05, 3.63) is 71.9 Å². The normalized spacial score (nSPS) is 19.5. The molecular weight excluding hydrogens is 340 g/mol. The van der Waals surface area contributed by atoms with Gasteiger partial charge in [-0.05, 0) is 11.6 Å². The summed E-state index contributed by atoms with van der Waals surface area (Å²) in [5, 5.41) is 7.93. The number of carbonyl (C=O) groups is 2. The number of nitrogens with zero attached hydrogens (tertiary/aromatic N) is 2. The van der Waals surface area contributed by atoms with Crippen LogP contribution in [0.2, 0.25) is 0 Å². The van der Waals surface area contributed by atoms with E-state index in [1.54, 1.807) is 6.21 Å². The second-order valence-corrected chi connectivity index (χ2v) is 6.69. The molecule has 0 bridgehead atoms. The predicted molar refractivity (Wildman–Crippen MR) is 104 cm³/mol.